The van der Waals surface area contributed by atoms with E-state index in [1.165, 1.54) is 6.42 Å². The van der Waals surface area contributed by atoms with Gasteiger partial charge in [0.25, 0.3) is 0 Å². The molecule has 0 aromatic heterocycles. The predicted octanol–water partition coefficient (Wildman–Crippen LogP) is 0.991. The molecule has 0 aliphatic carbocycles. The van der Waals surface area contributed by atoms with E-state index in [9.17, 15) is 0 Å². The van der Waals surface area contributed by atoms with Crippen LogP contribution in [0.25, 0.3) is 0 Å². The maximum Gasteiger partial charge on any atom is 0.103 e. The summed E-state index contributed by atoms with van der Waals surface area (Å²) < 4.78 is 5.30. The zero-order valence-electron chi connectivity index (χ0n) is 10.5. The lowest BCUT2D eigenvalue weighted by Gasteiger charge is -2.27. The molecule has 1 aliphatic rings. The first-order valence-corrected chi connectivity index (χ1v) is 6.10. The maximum atomic E-state index is 8.99. The van der Waals surface area contributed by atoms with Gasteiger partial charge in [0.1, 0.15) is 5.54 Å². The van der Waals surface area contributed by atoms with Gasteiger partial charge in [-0.1, -0.05) is 0 Å². The molecule has 92 valence electrons. The second-order valence-electron chi connectivity index (χ2n) is 4.61. The monoisotopic (exact) mass is 225 g/mol. The molecule has 1 fully saturated rings. The molecule has 0 saturated carbocycles. The quantitative estimate of drug-likeness (QED) is 0.685. The summed E-state index contributed by atoms with van der Waals surface area (Å²) in [4.78, 5) is 2.44. The molecule has 0 amide bonds. The van der Waals surface area contributed by atoms with E-state index >= 15 is 0 Å². The summed E-state index contributed by atoms with van der Waals surface area (Å²) in [5.74, 6) is 0. The van der Waals surface area contributed by atoms with Crippen molar-refractivity contribution in [3.63, 3.8) is 0 Å². The Hall–Kier alpha value is -0.630. The molecule has 1 unspecified atom stereocenters. The van der Waals surface area contributed by atoms with Gasteiger partial charge in [-0.25, -0.2) is 0 Å². The number of nitrogens with zero attached hydrogens (tertiary/aromatic N) is 2. The van der Waals surface area contributed by atoms with Crippen LogP contribution in [0.4, 0.5) is 0 Å². The molecular weight excluding hydrogens is 202 g/mol. The van der Waals surface area contributed by atoms with Gasteiger partial charge in [-0.15, -0.1) is 0 Å². The molecule has 4 nitrogen and oxygen atoms in total. The summed E-state index contributed by atoms with van der Waals surface area (Å²) in [6.07, 6.45) is 3.19. The Balaban J connectivity index is 2.09. The molecule has 0 aromatic carbocycles. The van der Waals surface area contributed by atoms with Crippen LogP contribution in [0.5, 0.6) is 0 Å². The van der Waals surface area contributed by atoms with Crippen molar-refractivity contribution in [2.45, 2.75) is 31.7 Å². The number of nitrogens with one attached hydrogen (secondary N) is 1. The van der Waals surface area contributed by atoms with E-state index in [0.29, 0.717) is 0 Å². The van der Waals surface area contributed by atoms with Crippen molar-refractivity contribution in [2.24, 2.45) is 0 Å². The molecule has 1 saturated heterocycles. The van der Waals surface area contributed by atoms with Gasteiger partial charge in [-0.3, -0.25) is 4.90 Å². The van der Waals surface area contributed by atoms with Gasteiger partial charge in [0.05, 0.1) is 19.3 Å². The molecule has 1 rings (SSSR count). The Morgan fingerprint density at radius 2 is 2.06 bits per heavy atom. The third-order valence-electron chi connectivity index (χ3n) is 3.30. The standard InChI is InChI=1S/C12H23N3O/c1-12(11-13,14-2)5-3-4-6-15-7-9-16-10-8-15/h14H,3-10H2,1-2H3. The van der Waals surface area contributed by atoms with Crippen LogP contribution in [0.2, 0.25) is 0 Å². The average molecular weight is 225 g/mol. The molecule has 16 heavy (non-hydrogen) atoms. The molecule has 1 atom stereocenters. The molecule has 1 heterocycles. The van der Waals surface area contributed by atoms with Crippen molar-refractivity contribution in [1.82, 2.24) is 10.2 Å². The van der Waals surface area contributed by atoms with E-state index in [2.05, 4.69) is 16.3 Å². The first-order chi connectivity index (χ1) is 7.70. The van der Waals surface area contributed by atoms with Crippen LogP contribution in [0, 0.1) is 11.3 Å². The normalized spacial score (nSPS) is 21.3. The molecular formula is C12H23N3O. The number of morpholine rings is 1. The molecule has 0 aromatic rings. The van der Waals surface area contributed by atoms with E-state index in [-0.39, 0.29) is 5.54 Å². The van der Waals surface area contributed by atoms with E-state index in [1.54, 1.807) is 0 Å². The Morgan fingerprint density at radius 1 is 1.38 bits per heavy atom. The van der Waals surface area contributed by atoms with Gasteiger partial charge in [-0.2, -0.15) is 5.26 Å². The number of unbranched alkanes of at least 4 members (excludes halogenated alkanes) is 1. The van der Waals surface area contributed by atoms with Crippen molar-refractivity contribution < 1.29 is 4.74 Å². The van der Waals surface area contributed by atoms with Crippen LogP contribution in [0.1, 0.15) is 26.2 Å². The molecule has 4 heteroatoms. The highest BCUT2D eigenvalue weighted by Crippen LogP contribution is 2.12. The maximum absolute atomic E-state index is 8.99. The summed E-state index contributed by atoms with van der Waals surface area (Å²) in [5, 5.41) is 12.1. The number of hydrogen-bond acceptors (Lipinski definition) is 4. The number of nitriles is 1. The fourth-order valence-electron chi connectivity index (χ4n) is 1.88. The van der Waals surface area contributed by atoms with Crippen LogP contribution in [-0.4, -0.2) is 50.3 Å². The molecule has 1 N–H and O–H groups in total. The van der Waals surface area contributed by atoms with Crippen LogP contribution < -0.4 is 5.32 Å². The first-order valence-electron chi connectivity index (χ1n) is 6.10. The van der Waals surface area contributed by atoms with Crippen molar-refractivity contribution >= 4 is 0 Å². The zero-order chi connectivity index (χ0) is 11.9. The second kappa shape index (κ2) is 6.85. The minimum Gasteiger partial charge on any atom is -0.379 e. The minimum absolute atomic E-state index is 0.356. The van der Waals surface area contributed by atoms with E-state index in [0.717, 1.165) is 45.7 Å². The summed E-state index contributed by atoms with van der Waals surface area (Å²) in [6.45, 7) is 6.94. The molecule has 1 aliphatic heterocycles. The Bertz CT molecular complexity index is 233. The van der Waals surface area contributed by atoms with Gasteiger partial charge >= 0.3 is 0 Å². The van der Waals surface area contributed by atoms with Crippen LogP contribution in [0.15, 0.2) is 0 Å². The lowest BCUT2D eigenvalue weighted by atomic mass is 9.97. The fourth-order valence-corrected chi connectivity index (χ4v) is 1.88. The van der Waals surface area contributed by atoms with Crippen LogP contribution >= 0.6 is 0 Å². The highest BCUT2D eigenvalue weighted by Gasteiger charge is 2.20. The Kier molecular flexibility index (Phi) is 5.75. The molecule has 0 radical (unpaired) electrons. The largest absolute Gasteiger partial charge is 0.379 e. The van der Waals surface area contributed by atoms with Crippen LogP contribution in [-0.2, 0) is 4.74 Å². The fraction of sp³-hybridized carbons (Fsp3) is 0.917. The second-order valence-corrected chi connectivity index (χ2v) is 4.61. The summed E-state index contributed by atoms with van der Waals surface area (Å²) in [5.41, 5.74) is -0.356. The van der Waals surface area contributed by atoms with Gasteiger partial charge in [0, 0.05) is 13.1 Å². The van der Waals surface area contributed by atoms with Gasteiger partial charge in [-0.05, 0) is 39.8 Å². The summed E-state index contributed by atoms with van der Waals surface area (Å²) >= 11 is 0. The predicted molar refractivity (Wildman–Crippen MR) is 64.2 cm³/mol. The van der Waals surface area contributed by atoms with Crippen molar-refractivity contribution in [3.8, 4) is 6.07 Å². The highest BCUT2D eigenvalue weighted by molar-refractivity contribution is 5.02. The SMILES string of the molecule is CNC(C)(C#N)CCCCN1CCOCC1. The first kappa shape index (κ1) is 13.4. The molecule has 0 spiro atoms. The third kappa shape index (κ3) is 4.48. The smallest absolute Gasteiger partial charge is 0.103 e. The zero-order valence-corrected chi connectivity index (χ0v) is 10.5. The van der Waals surface area contributed by atoms with E-state index < -0.39 is 0 Å². The van der Waals surface area contributed by atoms with E-state index in [4.69, 9.17) is 10.00 Å². The topological polar surface area (TPSA) is 48.3 Å². The molecule has 0 bridgehead atoms. The van der Waals surface area contributed by atoms with Crippen molar-refractivity contribution in [3.05, 3.63) is 0 Å². The lowest BCUT2D eigenvalue weighted by molar-refractivity contribution is 0.0370. The minimum atomic E-state index is -0.356. The number of hydrogen-bond donors (Lipinski definition) is 1. The van der Waals surface area contributed by atoms with Gasteiger partial charge < -0.3 is 10.1 Å². The van der Waals surface area contributed by atoms with E-state index in [1.807, 2.05) is 14.0 Å². The van der Waals surface area contributed by atoms with Gasteiger partial charge in [0.2, 0.25) is 0 Å². The third-order valence-corrected chi connectivity index (χ3v) is 3.30. The summed E-state index contributed by atoms with van der Waals surface area (Å²) in [6, 6.07) is 2.32. The van der Waals surface area contributed by atoms with Crippen molar-refractivity contribution in [1.29, 1.82) is 5.26 Å². The lowest BCUT2D eigenvalue weighted by Crippen LogP contribution is -2.39. The Labute approximate surface area is 98.6 Å². The highest BCUT2D eigenvalue weighted by atomic mass is 16.5. The summed E-state index contributed by atoms with van der Waals surface area (Å²) in [7, 11) is 1.85. The Morgan fingerprint density at radius 3 is 2.62 bits per heavy atom. The van der Waals surface area contributed by atoms with Crippen LogP contribution in [0.3, 0.4) is 0 Å². The average Bonchev–Trinajstić information content (AvgIpc) is 2.36. The number of ether oxygens (including phenoxy) is 1. The van der Waals surface area contributed by atoms with Gasteiger partial charge in [0.15, 0.2) is 0 Å². The van der Waals surface area contributed by atoms with Crippen molar-refractivity contribution in [2.75, 3.05) is 39.9 Å². The number of rotatable bonds is 6.